The number of aliphatic hydroxyl groups is 1. The molecule has 0 radical (unpaired) electrons. The van der Waals surface area contributed by atoms with E-state index in [0.717, 1.165) is 17.1 Å². The SMILES string of the molecule is CC[C@H]1OC(=O)[C@H](C)C(=O)[C@H](C)[C@@H](OC2O[C@H](C)C[C@H](N(C)C)[C@H]2O)[C@@](C)(OC)C[C@@H](C)C(=O)[C@H](C)[C@H]2N(CCCCn3cnc(-c4ccc(NC)nc4)c3)C(=O)O[C@]12C. The summed E-state index contributed by atoms with van der Waals surface area (Å²) in [7, 11) is 7.05. The largest absolute Gasteiger partial charge is 0.458 e. The molecule has 0 aliphatic carbocycles. The highest BCUT2D eigenvalue weighted by Crippen LogP contribution is 2.43. The van der Waals surface area contributed by atoms with Crippen molar-refractivity contribution in [1.82, 2.24) is 24.3 Å². The number of anilines is 1. The van der Waals surface area contributed by atoms with Crippen molar-refractivity contribution in [3.8, 4) is 11.3 Å². The van der Waals surface area contributed by atoms with Crippen LogP contribution in [0.4, 0.5) is 10.6 Å². The van der Waals surface area contributed by atoms with Gasteiger partial charge in [0.25, 0.3) is 0 Å². The number of carbonyl (C=O) groups is 4. The maximum absolute atomic E-state index is 14.7. The highest BCUT2D eigenvalue weighted by atomic mass is 16.7. The van der Waals surface area contributed by atoms with E-state index in [1.54, 1.807) is 45.1 Å². The van der Waals surface area contributed by atoms with Gasteiger partial charge in [-0.1, -0.05) is 27.7 Å². The molecule has 5 heterocycles. The number of likely N-dealkylation sites (N-methyl/N-ethyl adjacent to an activating group) is 1. The molecular weight excluding hydrogens is 773 g/mol. The average Bonchev–Trinajstić information content (AvgIpc) is 3.80. The standard InChI is InChI=1S/C44H68N6O10/c1-13-33-44(8)38(50(42(55)60-44)19-15-14-18-49-23-31(47-24-49)30-16-17-34(45-9)46-22-30)27(4)35(51)25(2)21-43(7,56-12)39(28(5)36(52)29(6)40(54)58-33)59-41-37(53)32(48(10)11)20-26(3)57-41/h16-17,22-29,32-33,37-39,41,53H,13-15,18-21H2,1-12H3,(H,45,46)/t25-,26-,27+,28+,29-,32+,33-,37-,38-,39-,41?,43+,44-/m1/s1. The van der Waals surface area contributed by atoms with Crippen molar-refractivity contribution < 1.29 is 48.0 Å². The van der Waals surface area contributed by atoms with Crippen LogP contribution in [0.5, 0.6) is 0 Å². The number of carbonyl (C=O) groups excluding carboxylic acids is 4. The topological polar surface area (TPSA) is 184 Å². The summed E-state index contributed by atoms with van der Waals surface area (Å²) in [5.74, 6) is -4.21. The average molecular weight is 841 g/mol. The number of fused-ring (bicyclic) bond motifs is 1. The van der Waals surface area contributed by atoms with Gasteiger partial charge < -0.3 is 48.5 Å². The third kappa shape index (κ3) is 9.72. The van der Waals surface area contributed by atoms with E-state index in [4.69, 9.17) is 23.7 Å². The van der Waals surface area contributed by atoms with E-state index in [2.05, 4.69) is 15.3 Å². The van der Waals surface area contributed by atoms with Crippen molar-refractivity contribution in [1.29, 1.82) is 0 Å². The van der Waals surface area contributed by atoms with Crippen LogP contribution in [0, 0.1) is 23.7 Å². The van der Waals surface area contributed by atoms with Crippen molar-refractivity contribution in [2.24, 2.45) is 23.7 Å². The molecule has 13 atom stereocenters. The monoisotopic (exact) mass is 840 g/mol. The number of aliphatic hydroxyl groups excluding tert-OH is 1. The van der Waals surface area contributed by atoms with Gasteiger partial charge in [0.2, 0.25) is 0 Å². The number of Topliss-reactive ketones (excluding diaryl/α,β-unsaturated/α-hetero) is 2. The van der Waals surface area contributed by atoms with Crippen LogP contribution in [-0.4, -0.2) is 142 Å². The summed E-state index contributed by atoms with van der Waals surface area (Å²) in [6.45, 7) is 14.9. The first-order valence-corrected chi connectivity index (χ1v) is 21.4. The van der Waals surface area contributed by atoms with Gasteiger partial charge in [0.05, 0.1) is 35.9 Å². The molecule has 3 fully saturated rings. The minimum atomic E-state index is -1.41. The first-order chi connectivity index (χ1) is 28.3. The Labute approximate surface area is 355 Å². The number of nitrogens with zero attached hydrogens (tertiary/aromatic N) is 5. The fourth-order valence-electron chi connectivity index (χ4n) is 9.61. The van der Waals surface area contributed by atoms with Crippen LogP contribution in [0.2, 0.25) is 0 Å². The second-order valence-electron chi connectivity index (χ2n) is 17.8. The molecular formula is C44H68N6O10. The summed E-state index contributed by atoms with van der Waals surface area (Å²) in [5, 5.41) is 14.5. The van der Waals surface area contributed by atoms with Gasteiger partial charge in [0, 0.05) is 69.0 Å². The van der Waals surface area contributed by atoms with E-state index >= 15 is 0 Å². The fourth-order valence-corrected chi connectivity index (χ4v) is 9.61. The number of hydrogen-bond acceptors (Lipinski definition) is 14. The molecule has 3 saturated heterocycles. The molecule has 3 aliphatic rings. The Balaban J connectivity index is 1.42. The van der Waals surface area contributed by atoms with Crippen LogP contribution in [0.25, 0.3) is 11.3 Å². The zero-order chi connectivity index (χ0) is 44.3. The molecule has 16 nitrogen and oxygen atoms in total. The Morgan fingerprint density at radius 1 is 1.00 bits per heavy atom. The van der Waals surface area contributed by atoms with Gasteiger partial charge in [0.1, 0.15) is 29.7 Å². The number of aromatic nitrogens is 3. The van der Waals surface area contributed by atoms with Gasteiger partial charge in [-0.3, -0.25) is 14.4 Å². The Morgan fingerprint density at radius 2 is 1.70 bits per heavy atom. The maximum Gasteiger partial charge on any atom is 0.410 e. The minimum Gasteiger partial charge on any atom is -0.458 e. The minimum absolute atomic E-state index is 0.126. The van der Waals surface area contributed by atoms with Crippen LogP contribution in [-0.2, 0) is 44.6 Å². The summed E-state index contributed by atoms with van der Waals surface area (Å²) in [5.41, 5.74) is -0.987. The normalized spacial score (nSPS) is 35.8. The fraction of sp³-hybridized carbons (Fsp3) is 0.727. The summed E-state index contributed by atoms with van der Waals surface area (Å²) < 4.78 is 33.2. The molecule has 2 aromatic heterocycles. The van der Waals surface area contributed by atoms with Crippen LogP contribution in [0.3, 0.4) is 0 Å². The van der Waals surface area contributed by atoms with E-state index in [9.17, 15) is 24.3 Å². The zero-order valence-corrected chi connectivity index (χ0v) is 37.5. The predicted octanol–water partition coefficient (Wildman–Crippen LogP) is 4.97. The van der Waals surface area contributed by atoms with Crippen molar-refractivity contribution in [2.45, 2.75) is 148 Å². The summed E-state index contributed by atoms with van der Waals surface area (Å²) in [6.07, 6.45) is 2.69. The number of ether oxygens (including phenoxy) is 5. The molecule has 334 valence electrons. The quantitative estimate of drug-likeness (QED) is 0.166. The Hall–Kier alpha value is -3.96. The zero-order valence-electron chi connectivity index (χ0n) is 37.5. The highest BCUT2D eigenvalue weighted by Gasteiger charge is 2.60. The maximum atomic E-state index is 14.7. The number of esters is 1. The molecule has 0 aromatic carbocycles. The van der Waals surface area contributed by atoms with Crippen molar-refractivity contribution in [3.63, 3.8) is 0 Å². The number of aryl methyl sites for hydroxylation is 1. The van der Waals surface area contributed by atoms with E-state index in [-0.39, 0.29) is 30.8 Å². The molecule has 1 amide bonds. The first kappa shape index (κ1) is 47.1. The number of hydrogen-bond donors (Lipinski definition) is 2. The van der Waals surface area contributed by atoms with Crippen LogP contribution >= 0.6 is 0 Å². The van der Waals surface area contributed by atoms with Gasteiger partial charge in [-0.25, -0.2) is 14.8 Å². The lowest BCUT2D eigenvalue weighted by molar-refractivity contribution is -0.295. The number of cyclic esters (lactones) is 1. The van der Waals surface area contributed by atoms with Crippen LogP contribution in [0.1, 0.15) is 87.5 Å². The number of unbranched alkanes of at least 4 members (excludes halogenated alkanes) is 1. The van der Waals surface area contributed by atoms with Gasteiger partial charge in [0.15, 0.2) is 17.7 Å². The van der Waals surface area contributed by atoms with Gasteiger partial charge in [-0.05, 0) is 86.0 Å². The summed E-state index contributed by atoms with van der Waals surface area (Å²) in [6, 6.07) is 2.77. The van der Waals surface area contributed by atoms with Crippen molar-refractivity contribution >= 4 is 29.4 Å². The molecule has 60 heavy (non-hydrogen) atoms. The molecule has 3 aliphatic heterocycles. The Bertz CT molecular complexity index is 1810. The lowest BCUT2D eigenvalue weighted by Gasteiger charge is -2.47. The number of rotatable bonds is 12. The molecule has 0 spiro atoms. The number of amides is 1. The van der Waals surface area contributed by atoms with E-state index in [1.807, 2.05) is 69.7 Å². The smallest absolute Gasteiger partial charge is 0.410 e. The molecule has 2 aromatic rings. The molecule has 1 unspecified atom stereocenters. The Morgan fingerprint density at radius 3 is 2.32 bits per heavy atom. The number of nitrogens with one attached hydrogen (secondary N) is 1. The van der Waals surface area contributed by atoms with E-state index in [0.29, 0.717) is 32.4 Å². The van der Waals surface area contributed by atoms with E-state index < -0.39 is 83.4 Å². The third-order valence-corrected chi connectivity index (χ3v) is 13.2. The van der Waals surface area contributed by atoms with E-state index in [1.165, 1.54) is 14.0 Å². The molecule has 5 rings (SSSR count). The number of methoxy groups -OCH3 is 1. The van der Waals surface area contributed by atoms with Crippen molar-refractivity contribution in [2.75, 3.05) is 40.1 Å². The molecule has 0 saturated carbocycles. The molecule has 2 N–H and O–H groups in total. The van der Waals surface area contributed by atoms with Gasteiger partial charge in [-0.15, -0.1) is 0 Å². The Kier molecular flexibility index (Phi) is 15.2. The molecule has 16 heteroatoms. The second kappa shape index (κ2) is 19.4. The summed E-state index contributed by atoms with van der Waals surface area (Å²) in [4.78, 5) is 69.4. The second-order valence-corrected chi connectivity index (χ2v) is 17.8. The number of pyridine rings is 1. The van der Waals surface area contributed by atoms with Gasteiger partial charge in [-0.2, -0.15) is 0 Å². The van der Waals surface area contributed by atoms with Crippen molar-refractivity contribution in [3.05, 3.63) is 30.9 Å². The highest BCUT2D eigenvalue weighted by molar-refractivity contribution is 6.00. The predicted molar refractivity (Wildman–Crippen MR) is 224 cm³/mol. The number of ketones is 2. The van der Waals surface area contributed by atoms with Gasteiger partial charge >= 0.3 is 12.1 Å². The third-order valence-electron chi connectivity index (χ3n) is 13.2. The number of imidazole rings is 1. The molecule has 0 bridgehead atoms. The lowest BCUT2D eigenvalue weighted by atomic mass is 9.73. The van der Waals surface area contributed by atoms with Crippen LogP contribution < -0.4 is 5.32 Å². The van der Waals surface area contributed by atoms with Crippen LogP contribution in [0.15, 0.2) is 30.9 Å². The first-order valence-electron chi connectivity index (χ1n) is 21.4. The summed E-state index contributed by atoms with van der Waals surface area (Å²) >= 11 is 0. The lowest BCUT2D eigenvalue weighted by Crippen LogP contribution is -2.60.